The summed E-state index contributed by atoms with van der Waals surface area (Å²) in [6.07, 6.45) is 1.71. The molecular weight excluding hydrogens is 436 g/mol. The lowest BCUT2D eigenvalue weighted by Crippen LogP contribution is -2.51. The van der Waals surface area contributed by atoms with Crippen molar-refractivity contribution in [2.75, 3.05) is 33.9 Å². The van der Waals surface area contributed by atoms with E-state index < -0.39 is 0 Å². The molecule has 0 aromatic heterocycles. The van der Waals surface area contributed by atoms with Crippen molar-refractivity contribution in [1.82, 2.24) is 10.6 Å². The monoisotopic (exact) mass is 465 g/mol. The molecule has 25 heavy (non-hydrogen) atoms. The maximum absolute atomic E-state index is 13.7. The summed E-state index contributed by atoms with van der Waals surface area (Å²) in [5.74, 6) is 0.482. The standard InChI is InChI=1S/C18H28FN3O2.HI/c1-13-5-6-15(11-16(13)19)14(2)22-17(20-3)21-12-18(23-4)7-9-24-10-8-18;/h5-6,11,14H,7-10,12H2,1-4H3,(H2,20,21,22);1H. The largest absolute Gasteiger partial charge is 0.381 e. The Balaban J connectivity index is 0.00000312. The van der Waals surface area contributed by atoms with E-state index in [0.717, 1.165) is 18.4 Å². The van der Waals surface area contributed by atoms with Crippen LogP contribution in [0.1, 0.15) is 36.9 Å². The van der Waals surface area contributed by atoms with E-state index in [1.54, 1.807) is 33.2 Å². The van der Waals surface area contributed by atoms with Gasteiger partial charge in [-0.2, -0.15) is 0 Å². The highest BCUT2D eigenvalue weighted by molar-refractivity contribution is 14.0. The first-order chi connectivity index (χ1) is 11.5. The molecule has 1 aliphatic heterocycles. The summed E-state index contributed by atoms with van der Waals surface area (Å²) in [7, 11) is 3.46. The zero-order valence-electron chi connectivity index (χ0n) is 15.4. The molecule has 142 valence electrons. The van der Waals surface area contributed by atoms with Gasteiger partial charge in [-0.15, -0.1) is 24.0 Å². The van der Waals surface area contributed by atoms with Crippen molar-refractivity contribution in [3.05, 3.63) is 35.1 Å². The highest BCUT2D eigenvalue weighted by Crippen LogP contribution is 2.23. The number of aliphatic imine (C=N–C) groups is 1. The van der Waals surface area contributed by atoms with E-state index in [4.69, 9.17) is 9.47 Å². The molecule has 1 aromatic rings. The summed E-state index contributed by atoms with van der Waals surface area (Å²) in [6, 6.07) is 5.23. The molecule has 2 rings (SSSR count). The number of methoxy groups -OCH3 is 1. The average molecular weight is 465 g/mol. The normalized spacial score (nSPS) is 18.2. The fourth-order valence-corrected chi connectivity index (χ4v) is 2.80. The van der Waals surface area contributed by atoms with Gasteiger partial charge in [0.2, 0.25) is 0 Å². The second-order valence-electron chi connectivity index (χ2n) is 6.30. The number of rotatable bonds is 5. The first-order valence-electron chi connectivity index (χ1n) is 8.36. The summed E-state index contributed by atoms with van der Waals surface area (Å²) < 4.78 is 24.9. The summed E-state index contributed by atoms with van der Waals surface area (Å²) in [6.45, 7) is 5.82. The molecule has 1 unspecified atom stereocenters. The summed E-state index contributed by atoms with van der Waals surface area (Å²) >= 11 is 0. The van der Waals surface area contributed by atoms with Crippen LogP contribution in [-0.4, -0.2) is 45.5 Å². The van der Waals surface area contributed by atoms with E-state index >= 15 is 0 Å². The second-order valence-corrected chi connectivity index (χ2v) is 6.30. The number of hydrogen-bond acceptors (Lipinski definition) is 3. The van der Waals surface area contributed by atoms with Gasteiger partial charge in [-0.1, -0.05) is 12.1 Å². The minimum atomic E-state index is -0.227. The number of nitrogens with zero attached hydrogens (tertiary/aromatic N) is 1. The zero-order valence-corrected chi connectivity index (χ0v) is 17.7. The molecule has 0 radical (unpaired) electrons. The lowest BCUT2D eigenvalue weighted by atomic mass is 9.94. The van der Waals surface area contributed by atoms with Crippen molar-refractivity contribution in [3.8, 4) is 0 Å². The van der Waals surface area contributed by atoms with Crippen molar-refractivity contribution in [1.29, 1.82) is 0 Å². The van der Waals surface area contributed by atoms with Gasteiger partial charge in [0.05, 0.1) is 11.6 Å². The van der Waals surface area contributed by atoms with Crippen molar-refractivity contribution in [2.24, 2.45) is 4.99 Å². The topological polar surface area (TPSA) is 54.9 Å². The van der Waals surface area contributed by atoms with E-state index in [2.05, 4.69) is 15.6 Å². The lowest BCUT2D eigenvalue weighted by Gasteiger charge is -2.36. The predicted octanol–water partition coefficient (Wildman–Crippen LogP) is 3.17. The van der Waals surface area contributed by atoms with E-state index in [9.17, 15) is 4.39 Å². The smallest absolute Gasteiger partial charge is 0.191 e. The van der Waals surface area contributed by atoms with Crippen molar-refractivity contribution in [3.63, 3.8) is 0 Å². The Hall–Kier alpha value is -0.930. The lowest BCUT2D eigenvalue weighted by molar-refractivity contribution is -0.0855. The molecule has 1 aliphatic rings. The number of halogens is 2. The molecule has 5 nitrogen and oxygen atoms in total. The van der Waals surface area contributed by atoms with Gasteiger partial charge in [0.25, 0.3) is 0 Å². The van der Waals surface area contributed by atoms with Gasteiger partial charge >= 0.3 is 0 Å². The van der Waals surface area contributed by atoms with Crippen LogP contribution in [0.5, 0.6) is 0 Å². The number of hydrogen-bond donors (Lipinski definition) is 2. The Morgan fingerprint density at radius 2 is 2.08 bits per heavy atom. The van der Waals surface area contributed by atoms with Gasteiger partial charge < -0.3 is 20.1 Å². The maximum Gasteiger partial charge on any atom is 0.191 e. The fraction of sp³-hybridized carbons (Fsp3) is 0.611. The molecule has 0 spiro atoms. The molecule has 0 bridgehead atoms. The van der Waals surface area contributed by atoms with Gasteiger partial charge in [0, 0.05) is 46.8 Å². The maximum atomic E-state index is 13.7. The number of guanidine groups is 1. The average Bonchev–Trinajstić information content (AvgIpc) is 2.61. The molecule has 1 fully saturated rings. The first kappa shape index (κ1) is 22.1. The van der Waals surface area contributed by atoms with Gasteiger partial charge in [-0.3, -0.25) is 4.99 Å². The van der Waals surface area contributed by atoms with Crippen molar-refractivity contribution in [2.45, 2.75) is 38.3 Å². The van der Waals surface area contributed by atoms with Crippen LogP contribution in [0.2, 0.25) is 0 Å². The molecule has 0 amide bonds. The molecule has 0 aliphatic carbocycles. The number of ether oxygens (including phenoxy) is 2. The van der Waals surface area contributed by atoms with Crippen LogP contribution in [0.4, 0.5) is 4.39 Å². The van der Waals surface area contributed by atoms with E-state index in [1.807, 2.05) is 13.0 Å². The van der Waals surface area contributed by atoms with Crippen LogP contribution in [0, 0.1) is 12.7 Å². The zero-order chi connectivity index (χ0) is 17.6. The Labute approximate surface area is 166 Å². The molecule has 1 atom stereocenters. The van der Waals surface area contributed by atoms with Gasteiger partial charge in [-0.25, -0.2) is 4.39 Å². The molecule has 2 N–H and O–H groups in total. The Bertz CT molecular complexity index is 577. The minimum absolute atomic E-state index is 0. The quantitative estimate of drug-likeness (QED) is 0.399. The van der Waals surface area contributed by atoms with Gasteiger partial charge in [-0.05, 0) is 31.0 Å². The molecule has 1 saturated heterocycles. The van der Waals surface area contributed by atoms with Crippen molar-refractivity contribution >= 4 is 29.9 Å². The van der Waals surface area contributed by atoms with Crippen LogP contribution < -0.4 is 10.6 Å². The molecule has 7 heteroatoms. The Morgan fingerprint density at radius 3 is 2.64 bits per heavy atom. The highest BCUT2D eigenvalue weighted by Gasteiger charge is 2.32. The summed E-state index contributed by atoms with van der Waals surface area (Å²) in [5.41, 5.74) is 1.30. The van der Waals surface area contributed by atoms with Crippen LogP contribution in [-0.2, 0) is 9.47 Å². The fourth-order valence-electron chi connectivity index (χ4n) is 2.80. The number of benzene rings is 1. The SMILES string of the molecule is CN=C(NCC1(OC)CCOCC1)NC(C)c1ccc(C)c(F)c1.I. The first-order valence-corrected chi connectivity index (χ1v) is 8.36. The van der Waals surface area contributed by atoms with Gasteiger partial charge in [0.1, 0.15) is 5.82 Å². The Morgan fingerprint density at radius 1 is 1.40 bits per heavy atom. The molecule has 0 saturated carbocycles. The third kappa shape index (κ3) is 6.07. The number of aryl methyl sites for hydroxylation is 1. The van der Waals surface area contributed by atoms with Gasteiger partial charge in [0.15, 0.2) is 5.96 Å². The molecule has 1 heterocycles. The second kappa shape index (κ2) is 10.3. The van der Waals surface area contributed by atoms with Crippen LogP contribution in [0.3, 0.4) is 0 Å². The summed E-state index contributed by atoms with van der Waals surface area (Å²) in [4.78, 5) is 4.26. The van der Waals surface area contributed by atoms with Crippen LogP contribution in [0.15, 0.2) is 23.2 Å². The van der Waals surface area contributed by atoms with Crippen LogP contribution in [0.25, 0.3) is 0 Å². The number of nitrogens with one attached hydrogen (secondary N) is 2. The Kier molecular flexibility index (Phi) is 9.09. The van der Waals surface area contributed by atoms with E-state index in [-0.39, 0.29) is 41.4 Å². The van der Waals surface area contributed by atoms with E-state index in [1.165, 1.54) is 0 Å². The molecule has 1 aromatic carbocycles. The van der Waals surface area contributed by atoms with E-state index in [0.29, 0.717) is 31.3 Å². The predicted molar refractivity (Wildman–Crippen MR) is 109 cm³/mol. The third-order valence-corrected chi connectivity index (χ3v) is 4.69. The molecular formula is C18H29FIN3O2. The highest BCUT2D eigenvalue weighted by atomic mass is 127. The van der Waals surface area contributed by atoms with Crippen molar-refractivity contribution < 1.29 is 13.9 Å². The third-order valence-electron chi connectivity index (χ3n) is 4.69. The van der Waals surface area contributed by atoms with Crippen LogP contribution >= 0.6 is 24.0 Å². The summed E-state index contributed by atoms with van der Waals surface area (Å²) in [5, 5.41) is 6.62. The minimum Gasteiger partial charge on any atom is -0.381 e.